The van der Waals surface area contributed by atoms with E-state index < -0.39 is 0 Å². The molecule has 0 radical (unpaired) electrons. The monoisotopic (exact) mass is 411 g/mol. The summed E-state index contributed by atoms with van der Waals surface area (Å²) in [6, 6.07) is 11.7. The summed E-state index contributed by atoms with van der Waals surface area (Å²) < 4.78 is 18.2. The maximum Gasteiger partial charge on any atom is 0.211 e. The van der Waals surface area contributed by atoms with E-state index in [0.717, 1.165) is 27.8 Å². The number of methoxy groups -OCH3 is 3. The van der Waals surface area contributed by atoms with Gasteiger partial charge >= 0.3 is 0 Å². The third kappa shape index (κ3) is 3.61. The average Bonchev–Trinajstić information content (AvgIpc) is 3.17. The Labute approximate surface area is 172 Å². The van der Waals surface area contributed by atoms with Gasteiger partial charge in [0.05, 0.1) is 32.8 Å². The van der Waals surface area contributed by atoms with E-state index in [-0.39, 0.29) is 0 Å². The van der Waals surface area contributed by atoms with Gasteiger partial charge < -0.3 is 14.2 Å². The minimum atomic E-state index is 0.529. The van der Waals surface area contributed by atoms with Crippen molar-refractivity contribution >= 4 is 23.3 Å². The molecule has 2 heterocycles. The summed E-state index contributed by atoms with van der Waals surface area (Å²) in [5.41, 5.74) is 6.16. The largest absolute Gasteiger partial charge is 0.493 e. The molecule has 0 atom stereocenters. The predicted molar refractivity (Wildman–Crippen MR) is 113 cm³/mol. The SMILES string of the molecule is COc1cc(-c2nnc3n2NC(=Nc2ccccc2C)CS3)cc(OC)c1OC. The number of ether oxygens (including phenoxy) is 3. The van der Waals surface area contributed by atoms with Crippen LogP contribution < -0.4 is 19.6 Å². The first kappa shape index (κ1) is 19.1. The first-order chi connectivity index (χ1) is 14.1. The van der Waals surface area contributed by atoms with Gasteiger partial charge in [-0.2, -0.15) is 0 Å². The molecule has 1 aliphatic heterocycles. The van der Waals surface area contributed by atoms with Crippen molar-refractivity contribution in [3.05, 3.63) is 42.0 Å². The minimum absolute atomic E-state index is 0.529. The zero-order valence-corrected chi connectivity index (χ0v) is 17.4. The molecule has 0 fully saturated rings. The molecule has 3 aromatic rings. The maximum absolute atomic E-state index is 5.46. The molecule has 1 aromatic heterocycles. The smallest absolute Gasteiger partial charge is 0.211 e. The van der Waals surface area contributed by atoms with Gasteiger partial charge in [0.1, 0.15) is 5.84 Å². The van der Waals surface area contributed by atoms with Crippen molar-refractivity contribution in [2.24, 2.45) is 4.99 Å². The molecule has 0 saturated carbocycles. The number of amidine groups is 1. The van der Waals surface area contributed by atoms with Crippen LogP contribution in [0.3, 0.4) is 0 Å². The van der Waals surface area contributed by atoms with Crippen molar-refractivity contribution < 1.29 is 14.2 Å². The van der Waals surface area contributed by atoms with Gasteiger partial charge in [0.15, 0.2) is 17.3 Å². The number of aryl methyl sites for hydroxylation is 1. The van der Waals surface area contributed by atoms with Crippen LogP contribution in [0.25, 0.3) is 11.4 Å². The Morgan fingerprint density at radius 1 is 1.03 bits per heavy atom. The molecule has 0 aliphatic carbocycles. The fraction of sp³-hybridized carbons (Fsp3) is 0.250. The first-order valence-electron chi connectivity index (χ1n) is 8.93. The van der Waals surface area contributed by atoms with Crippen molar-refractivity contribution in [3.8, 4) is 28.6 Å². The lowest BCUT2D eigenvalue weighted by atomic mass is 10.1. The third-order valence-electron chi connectivity index (χ3n) is 4.51. The molecule has 8 nitrogen and oxygen atoms in total. The molecule has 1 aliphatic rings. The van der Waals surface area contributed by atoms with Gasteiger partial charge in [-0.05, 0) is 30.7 Å². The van der Waals surface area contributed by atoms with E-state index in [0.29, 0.717) is 28.8 Å². The molecule has 0 unspecified atom stereocenters. The zero-order chi connectivity index (χ0) is 20.4. The number of aliphatic imine (C=N–C) groups is 1. The molecule has 0 spiro atoms. The van der Waals surface area contributed by atoms with Crippen LogP contribution in [0.15, 0.2) is 46.5 Å². The Balaban J connectivity index is 1.74. The molecule has 1 N–H and O–H groups in total. The van der Waals surface area contributed by atoms with Gasteiger partial charge in [-0.1, -0.05) is 30.0 Å². The van der Waals surface area contributed by atoms with Gasteiger partial charge in [-0.25, -0.2) is 9.67 Å². The van der Waals surface area contributed by atoms with E-state index in [1.807, 2.05) is 48.0 Å². The highest BCUT2D eigenvalue weighted by Crippen LogP contribution is 2.41. The number of aromatic nitrogens is 3. The summed E-state index contributed by atoms with van der Waals surface area (Å²) in [5.74, 6) is 3.77. The highest BCUT2D eigenvalue weighted by Gasteiger charge is 2.23. The summed E-state index contributed by atoms with van der Waals surface area (Å²) in [5, 5.41) is 9.41. The van der Waals surface area contributed by atoms with Gasteiger partial charge in [-0.15, -0.1) is 10.2 Å². The van der Waals surface area contributed by atoms with Crippen LogP contribution in [0.2, 0.25) is 0 Å². The van der Waals surface area contributed by atoms with E-state index in [4.69, 9.17) is 19.2 Å². The molecule has 9 heteroatoms. The first-order valence-corrected chi connectivity index (χ1v) is 9.92. The molecule has 0 amide bonds. The second kappa shape index (κ2) is 8.04. The third-order valence-corrected chi connectivity index (χ3v) is 5.45. The lowest BCUT2D eigenvalue weighted by Gasteiger charge is -2.20. The molecular formula is C20H21N5O3S. The number of para-hydroxylation sites is 1. The summed E-state index contributed by atoms with van der Waals surface area (Å²) in [7, 11) is 4.74. The average molecular weight is 411 g/mol. The van der Waals surface area contributed by atoms with Crippen LogP contribution in [0.1, 0.15) is 5.56 Å². The van der Waals surface area contributed by atoms with Crippen LogP contribution >= 0.6 is 11.8 Å². The number of fused-ring (bicyclic) bond motifs is 1. The summed E-state index contributed by atoms with van der Waals surface area (Å²) in [4.78, 5) is 4.76. The minimum Gasteiger partial charge on any atom is -0.493 e. The van der Waals surface area contributed by atoms with Crippen molar-refractivity contribution in [2.45, 2.75) is 12.1 Å². The molecule has 4 rings (SSSR count). The second-order valence-corrected chi connectivity index (χ2v) is 7.24. The van der Waals surface area contributed by atoms with E-state index >= 15 is 0 Å². The number of nitrogens with zero attached hydrogens (tertiary/aromatic N) is 4. The molecule has 0 bridgehead atoms. The van der Waals surface area contributed by atoms with Crippen molar-refractivity contribution in [1.29, 1.82) is 0 Å². The van der Waals surface area contributed by atoms with Crippen LogP contribution in [0.5, 0.6) is 17.2 Å². The quantitative estimate of drug-likeness (QED) is 0.686. The lowest BCUT2D eigenvalue weighted by Crippen LogP contribution is -2.30. The Kier molecular flexibility index (Phi) is 5.30. The maximum atomic E-state index is 5.46. The Morgan fingerprint density at radius 3 is 2.41 bits per heavy atom. The summed E-state index contributed by atoms with van der Waals surface area (Å²) >= 11 is 1.57. The van der Waals surface area contributed by atoms with E-state index in [1.165, 1.54) is 0 Å². The van der Waals surface area contributed by atoms with Gasteiger partial charge in [-0.3, -0.25) is 5.43 Å². The number of nitrogens with one attached hydrogen (secondary N) is 1. The standard InChI is InChI=1S/C20H21N5O3S/c1-12-7-5-6-8-14(12)21-17-11-29-20-23-22-19(25(20)24-17)13-9-15(26-2)18(28-4)16(10-13)27-3/h5-10H,11H2,1-4H3,(H,21,24). The van der Waals surface area contributed by atoms with Crippen molar-refractivity contribution in [1.82, 2.24) is 14.9 Å². The molecule has 2 aromatic carbocycles. The topological polar surface area (TPSA) is 82.8 Å². The van der Waals surface area contributed by atoms with Gasteiger partial charge in [0.25, 0.3) is 0 Å². The molecular weight excluding hydrogens is 390 g/mol. The van der Waals surface area contributed by atoms with Crippen LogP contribution in [0, 0.1) is 6.92 Å². The van der Waals surface area contributed by atoms with Gasteiger partial charge in [0, 0.05) is 5.56 Å². The lowest BCUT2D eigenvalue weighted by molar-refractivity contribution is 0.324. The second-order valence-electron chi connectivity index (χ2n) is 6.30. The number of hydrogen-bond acceptors (Lipinski definition) is 7. The van der Waals surface area contributed by atoms with Crippen LogP contribution in [-0.2, 0) is 0 Å². The molecule has 29 heavy (non-hydrogen) atoms. The predicted octanol–water partition coefficient (Wildman–Crippen LogP) is 3.66. The number of benzene rings is 2. The number of hydrogen-bond donors (Lipinski definition) is 1. The highest BCUT2D eigenvalue weighted by atomic mass is 32.2. The molecule has 0 saturated heterocycles. The highest BCUT2D eigenvalue weighted by molar-refractivity contribution is 7.99. The van der Waals surface area contributed by atoms with Crippen molar-refractivity contribution in [3.63, 3.8) is 0 Å². The zero-order valence-electron chi connectivity index (χ0n) is 16.6. The van der Waals surface area contributed by atoms with E-state index in [2.05, 4.69) is 15.6 Å². The summed E-state index contributed by atoms with van der Waals surface area (Å²) in [6.45, 7) is 2.04. The van der Waals surface area contributed by atoms with E-state index in [1.54, 1.807) is 33.1 Å². The Bertz CT molecular complexity index is 1050. The Morgan fingerprint density at radius 2 is 1.76 bits per heavy atom. The van der Waals surface area contributed by atoms with E-state index in [9.17, 15) is 0 Å². The van der Waals surface area contributed by atoms with Crippen LogP contribution in [-0.4, -0.2) is 47.8 Å². The fourth-order valence-electron chi connectivity index (χ4n) is 3.05. The Hall–Kier alpha value is -3.20. The number of rotatable bonds is 5. The fourth-order valence-corrected chi connectivity index (χ4v) is 3.80. The summed E-state index contributed by atoms with van der Waals surface area (Å²) in [6.07, 6.45) is 0. The van der Waals surface area contributed by atoms with Crippen LogP contribution in [0.4, 0.5) is 5.69 Å². The number of thioether (sulfide) groups is 1. The normalized spacial score (nSPS) is 14.3. The van der Waals surface area contributed by atoms with Crippen molar-refractivity contribution in [2.75, 3.05) is 32.5 Å². The van der Waals surface area contributed by atoms with Gasteiger partial charge in [0.2, 0.25) is 10.9 Å². The molecule has 150 valence electrons.